The number of hydrogen-bond donors (Lipinski definition) is 0. The number of rotatable bonds is 12. The molecule has 1 fully saturated rings. The number of sulfonamides is 1. The highest BCUT2D eigenvalue weighted by Gasteiger charge is 2.30. The number of nitrogens with zero attached hydrogens (tertiary/aromatic N) is 3. The normalized spacial score (nSPS) is 13.8. The second-order valence-electron chi connectivity index (χ2n) is 14.3. The maximum atomic E-state index is 14.1. The van der Waals surface area contributed by atoms with Crippen molar-refractivity contribution in [3.05, 3.63) is 144 Å². The van der Waals surface area contributed by atoms with Gasteiger partial charge in [0.2, 0.25) is 10.0 Å². The second-order valence-corrected chi connectivity index (χ2v) is 16.3. The van der Waals surface area contributed by atoms with Crippen LogP contribution in [0.4, 0.5) is 4.79 Å². The van der Waals surface area contributed by atoms with Crippen molar-refractivity contribution in [2.45, 2.75) is 89.0 Å². The van der Waals surface area contributed by atoms with Gasteiger partial charge in [0.1, 0.15) is 17.1 Å². The highest BCUT2D eigenvalue weighted by Crippen LogP contribution is 2.29. The third-order valence-electron chi connectivity index (χ3n) is 9.12. The van der Waals surface area contributed by atoms with Crippen LogP contribution in [-0.4, -0.2) is 40.3 Å². The Morgan fingerprint density at radius 2 is 1.27 bits per heavy atom. The van der Waals surface area contributed by atoms with Gasteiger partial charge in [0.15, 0.2) is 0 Å². The first-order valence-corrected chi connectivity index (χ1v) is 19.4. The number of aromatic nitrogens is 1. The van der Waals surface area contributed by atoms with Gasteiger partial charge in [-0.25, -0.2) is 13.2 Å². The number of pyridine rings is 1. The molecule has 9 heteroatoms. The van der Waals surface area contributed by atoms with Crippen LogP contribution in [0.1, 0.15) is 69.6 Å². The summed E-state index contributed by atoms with van der Waals surface area (Å²) in [6.07, 6.45) is 8.58. The molecule has 4 aromatic carbocycles. The molecule has 52 heavy (non-hydrogen) atoms. The standard InChI is InChI=1S/C43H47N3O5S/c1-43(2,3)51-42(47)46(38-12-6-4-7-13-38)32-34-18-22-37(23-19-34)36-20-16-33(17-21-36)30-45(31-35-11-10-28-44-29-35)52(48,49)41-26-24-40(25-27-41)50-39-14-8-5-9-15-39/h5,8-11,14-29,38H,4,6-7,12-13,30-32H2,1-3H3. The zero-order valence-electron chi connectivity index (χ0n) is 30.1. The maximum absolute atomic E-state index is 14.1. The molecule has 270 valence electrons. The topological polar surface area (TPSA) is 89.0 Å². The number of carbonyl (C=O) groups excluding carboxylic acids is 1. The third kappa shape index (κ3) is 9.86. The van der Waals surface area contributed by atoms with E-state index in [2.05, 4.69) is 29.2 Å². The Bertz CT molecular complexity index is 1990. The van der Waals surface area contributed by atoms with Crippen molar-refractivity contribution >= 4 is 16.1 Å². The summed E-state index contributed by atoms with van der Waals surface area (Å²) < 4.78 is 41.3. The van der Waals surface area contributed by atoms with Gasteiger partial charge in [-0.05, 0) is 104 Å². The van der Waals surface area contributed by atoms with Crippen LogP contribution in [0.25, 0.3) is 11.1 Å². The van der Waals surface area contributed by atoms with Gasteiger partial charge in [0, 0.05) is 38.1 Å². The van der Waals surface area contributed by atoms with Crippen LogP contribution in [-0.2, 0) is 34.4 Å². The molecule has 1 heterocycles. The largest absolute Gasteiger partial charge is 0.457 e. The van der Waals surface area contributed by atoms with E-state index in [1.54, 1.807) is 42.7 Å². The van der Waals surface area contributed by atoms with E-state index in [0.29, 0.717) is 18.0 Å². The molecule has 5 aromatic rings. The van der Waals surface area contributed by atoms with Crippen LogP contribution < -0.4 is 4.74 Å². The lowest BCUT2D eigenvalue weighted by Gasteiger charge is -2.35. The van der Waals surface area contributed by atoms with Crippen molar-refractivity contribution in [2.24, 2.45) is 0 Å². The van der Waals surface area contributed by atoms with Crippen molar-refractivity contribution < 1.29 is 22.7 Å². The minimum Gasteiger partial charge on any atom is -0.457 e. The zero-order valence-corrected chi connectivity index (χ0v) is 31.0. The molecule has 0 atom stereocenters. The Morgan fingerprint density at radius 3 is 1.85 bits per heavy atom. The summed E-state index contributed by atoms with van der Waals surface area (Å²) in [6.45, 7) is 6.57. The molecule has 0 N–H and O–H groups in total. The summed E-state index contributed by atoms with van der Waals surface area (Å²) in [5.74, 6) is 1.23. The lowest BCUT2D eigenvalue weighted by atomic mass is 9.94. The lowest BCUT2D eigenvalue weighted by molar-refractivity contribution is 0.00988. The molecule has 1 aliphatic rings. The molecule has 1 aliphatic carbocycles. The van der Waals surface area contributed by atoms with Gasteiger partial charge in [-0.1, -0.05) is 92.1 Å². The Morgan fingerprint density at radius 1 is 0.692 bits per heavy atom. The summed E-state index contributed by atoms with van der Waals surface area (Å²) in [5.41, 5.74) is 4.20. The van der Waals surface area contributed by atoms with Gasteiger partial charge in [-0.2, -0.15) is 4.31 Å². The molecule has 8 nitrogen and oxygen atoms in total. The number of amides is 1. The minimum atomic E-state index is -3.88. The first-order chi connectivity index (χ1) is 25.0. The lowest BCUT2D eigenvalue weighted by Crippen LogP contribution is -2.43. The molecule has 6 rings (SSSR count). The van der Waals surface area contributed by atoms with E-state index in [-0.39, 0.29) is 30.1 Å². The monoisotopic (exact) mass is 717 g/mol. The van der Waals surface area contributed by atoms with E-state index in [0.717, 1.165) is 53.5 Å². The molecule has 0 aliphatic heterocycles. The van der Waals surface area contributed by atoms with Crippen LogP contribution in [0, 0.1) is 0 Å². The summed E-state index contributed by atoms with van der Waals surface area (Å²) in [7, 11) is -3.88. The number of para-hydroxylation sites is 1. The zero-order chi connectivity index (χ0) is 36.6. The molecule has 1 saturated carbocycles. The Balaban J connectivity index is 1.16. The fourth-order valence-corrected chi connectivity index (χ4v) is 7.85. The van der Waals surface area contributed by atoms with Gasteiger partial charge in [-0.15, -0.1) is 0 Å². The molecule has 1 aromatic heterocycles. The molecule has 1 amide bonds. The van der Waals surface area contributed by atoms with E-state index in [4.69, 9.17) is 9.47 Å². The van der Waals surface area contributed by atoms with Crippen LogP contribution in [0.15, 0.2) is 133 Å². The average Bonchev–Trinajstić information content (AvgIpc) is 3.15. The summed E-state index contributed by atoms with van der Waals surface area (Å²) in [5, 5.41) is 0. The highest BCUT2D eigenvalue weighted by atomic mass is 32.2. The number of hydrogen-bond acceptors (Lipinski definition) is 6. The molecule has 0 unspecified atom stereocenters. The summed E-state index contributed by atoms with van der Waals surface area (Å²) >= 11 is 0. The Hall–Kier alpha value is -4.99. The van der Waals surface area contributed by atoms with Gasteiger partial charge in [-0.3, -0.25) is 4.98 Å². The molecule has 0 spiro atoms. The SMILES string of the molecule is CC(C)(C)OC(=O)N(Cc1ccc(-c2ccc(CN(Cc3cccnc3)S(=O)(=O)c3ccc(Oc4ccccc4)cc3)cc2)cc1)C1CCCCC1. The maximum Gasteiger partial charge on any atom is 0.410 e. The smallest absolute Gasteiger partial charge is 0.410 e. The molecule has 0 radical (unpaired) electrons. The second kappa shape index (κ2) is 16.6. The number of carbonyl (C=O) groups is 1. The predicted octanol–water partition coefficient (Wildman–Crippen LogP) is 10.0. The van der Waals surface area contributed by atoms with Gasteiger partial charge in [0.05, 0.1) is 4.90 Å². The van der Waals surface area contributed by atoms with Gasteiger partial charge >= 0.3 is 6.09 Å². The van der Waals surface area contributed by atoms with Crippen LogP contribution in [0.5, 0.6) is 11.5 Å². The van der Waals surface area contributed by atoms with Crippen LogP contribution in [0.2, 0.25) is 0 Å². The number of benzene rings is 4. The summed E-state index contributed by atoms with van der Waals surface area (Å²) in [6, 6.07) is 36.0. The number of ether oxygens (including phenoxy) is 2. The average molecular weight is 718 g/mol. The van der Waals surface area contributed by atoms with Gasteiger partial charge < -0.3 is 14.4 Å². The molecular formula is C43H47N3O5S. The van der Waals surface area contributed by atoms with E-state index >= 15 is 0 Å². The van der Waals surface area contributed by atoms with Crippen molar-refractivity contribution in [1.29, 1.82) is 0 Å². The predicted molar refractivity (Wildman–Crippen MR) is 204 cm³/mol. The molecule has 0 bridgehead atoms. The first kappa shape index (κ1) is 36.8. The Labute approximate surface area is 308 Å². The fraction of sp³-hybridized carbons (Fsp3) is 0.302. The van der Waals surface area contributed by atoms with Crippen LogP contribution in [0.3, 0.4) is 0 Å². The van der Waals surface area contributed by atoms with Crippen LogP contribution >= 0.6 is 0 Å². The van der Waals surface area contributed by atoms with Crippen molar-refractivity contribution in [2.75, 3.05) is 0 Å². The molecule has 0 saturated heterocycles. The quantitative estimate of drug-likeness (QED) is 0.128. The Kier molecular flexibility index (Phi) is 11.7. The van der Waals surface area contributed by atoms with Crippen molar-refractivity contribution in [3.8, 4) is 22.6 Å². The highest BCUT2D eigenvalue weighted by molar-refractivity contribution is 7.89. The van der Waals surface area contributed by atoms with E-state index in [1.165, 1.54) is 10.7 Å². The van der Waals surface area contributed by atoms with E-state index < -0.39 is 15.6 Å². The molecular weight excluding hydrogens is 671 g/mol. The third-order valence-corrected chi connectivity index (χ3v) is 10.9. The van der Waals surface area contributed by atoms with Crippen molar-refractivity contribution in [1.82, 2.24) is 14.2 Å². The van der Waals surface area contributed by atoms with E-state index in [9.17, 15) is 13.2 Å². The summed E-state index contributed by atoms with van der Waals surface area (Å²) in [4.78, 5) is 19.5. The fourth-order valence-electron chi connectivity index (χ4n) is 6.44. The minimum absolute atomic E-state index is 0.169. The van der Waals surface area contributed by atoms with Crippen molar-refractivity contribution in [3.63, 3.8) is 0 Å². The van der Waals surface area contributed by atoms with E-state index in [1.807, 2.05) is 86.3 Å². The first-order valence-electron chi connectivity index (χ1n) is 17.9. The van der Waals surface area contributed by atoms with Gasteiger partial charge in [0.25, 0.3) is 0 Å².